The fourth-order valence-corrected chi connectivity index (χ4v) is 6.51. The molecule has 2 aliphatic heterocycles. The van der Waals surface area contributed by atoms with E-state index in [1.807, 2.05) is 39.5 Å². The third kappa shape index (κ3) is 3.77. The van der Waals surface area contributed by atoms with Crippen molar-refractivity contribution >= 4 is 35.2 Å². The van der Waals surface area contributed by atoms with Crippen LogP contribution in [0, 0.1) is 11.8 Å². The summed E-state index contributed by atoms with van der Waals surface area (Å²) in [6, 6.07) is 8.26. The molecule has 0 radical (unpaired) electrons. The summed E-state index contributed by atoms with van der Waals surface area (Å²) in [5, 5.41) is 11.1. The van der Waals surface area contributed by atoms with Gasteiger partial charge in [-0.3, -0.25) is 14.4 Å². The van der Waals surface area contributed by atoms with E-state index < -0.39 is 5.97 Å². The van der Waals surface area contributed by atoms with Crippen LogP contribution < -0.4 is 4.90 Å². The van der Waals surface area contributed by atoms with Crippen LogP contribution in [0.1, 0.15) is 56.6 Å². The quantitative estimate of drug-likeness (QED) is 0.724. The van der Waals surface area contributed by atoms with Crippen molar-refractivity contribution in [2.75, 3.05) is 10.7 Å². The van der Waals surface area contributed by atoms with E-state index in [1.165, 1.54) is 0 Å². The SMILES string of the molecule is O=C(O)CCC(=O)N(C1CC1)C1c2ccccc2N(C(=O)C2C=CSC2)C2CCCC21. The highest BCUT2D eigenvalue weighted by molar-refractivity contribution is 8.02. The van der Waals surface area contributed by atoms with Gasteiger partial charge in [-0.25, -0.2) is 0 Å². The molecule has 0 saturated heterocycles. The Balaban J connectivity index is 1.54. The Morgan fingerprint density at radius 3 is 2.61 bits per heavy atom. The summed E-state index contributed by atoms with van der Waals surface area (Å²) in [5.41, 5.74) is 1.98. The summed E-state index contributed by atoms with van der Waals surface area (Å²) in [4.78, 5) is 41.9. The van der Waals surface area contributed by atoms with Crippen molar-refractivity contribution < 1.29 is 19.5 Å². The number of para-hydroxylation sites is 1. The van der Waals surface area contributed by atoms with Gasteiger partial charge in [-0.2, -0.15) is 0 Å². The van der Waals surface area contributed by atoms with Gasteiger partial charge < -0.3 is 14.9 Å². The average molecular weight is 441 g/mol. The lowest BCUT2D eigenvalue weighted by molar-refractivity contribution is -0.143. The van der Waals surface area contributed by atoms with E-state index >= 15 is 0 Å². The van der Waals surface area contributed by atoms with Crippen molar-refractivity contribution in [1.82, 2.24) is 4.90 Å². The minimum atomic E-state index is -0.939. The van der Waals surface area contributed by atoms with Gasteiger partial charge in [0.05, 0.1) is 18.4 Å². The van der Waals surface area contributed by atoms with Gasteiger partial charge in [0.25, 0.3) is 0 Å². The lowest BCUT2D eigenvalue weighted by Gasteiger charge is -2.48. The number of carbonyl (C=O) groups is 3. The predicted octanol–water partition coefficient (Wildman–Crippen LogP) is 3.98. The van der Waals surface area contributed by atoms with E-state index in [0.29, 0.717) is 0 Å². The van der Waals surface area contributed by atoms with Gasteiger partial charge >= 0.3 is 5.97 Å². The Hall–Kier alpha value is -2.28. The number of hydrogen-bond donors (Lipinski definition) is 1. The fourth-order valence-electron chi connectivity index (χ4n) is 5.64. The maximum atomic E-state index is 13.6. The molecular weight excluding hydrogens is 412 g/mol. The first kappa shape index (κ1) is 20.6. The second-order valence-corrected chi connectivity index (χ2v) is 10.0. The standard InChI is InChI=1S/C24H28N2O4S/c27-21(10-11-22(28)29)25(16-8-9-16)23-17-4-1-2-6-19(17)26(20-7-3-5-18(20)23)24(30)15-12-13-31-14-15/h1-2,4,6,12-13,15-16,18,20,23H,3,5,7-11,14H2,(H,28,29). The molecule has 6 nitrogen and oxygen atoms in total. The van der Waals surface area contributed by atoms with Crippen molar-refractivity contribution in [3.05, 3.63) is 41.3 Å². The molecule has 1 N–H and O–H groups in total. The summed E-state index contributed by atoms with van der Waals surface area (Å²) in [6.45, 7) is 0. The van der Waals surface area contributed by atoms with Gasteiger partial charge in [0.2, 0.25) is 11.8 Å². The second kappa shape index (κ2) is 8.34. The first-order valence-corrected chi connectivity index (χ1v) is 12.3. The van der Waals surface area contributed by atoms with E-state index in [4.69, 9.17) is 5.11 Å². The van der Waals surface area contributed by atoms with Crippen molar-refractivity contribution in [2.24, 2.45) is 11.8 Å². The largest absolute Gasteiger partial charge is 0.481 e. The molecular formula is C24H28N2O4S. The fraction of sp³-hybridized carbons (Fsp3) is 0.542. The predicted molar refractivity (Wildman–Crippen MR) is 120 cm³/mol. The maximum Gasteiger partial charge on any atom is 0.303 e. The summed E-state index contributed by atoms with van der Waals surface area (Å²) in [6.07, 6.45) is 6.83. The topological polar surface area (TPSA) is 77.9 Å². The van der Waals surface area contributed by atoms with Crippen LogP contribution in [0.25, 0.3) is 0 Å². The lowest BCUT2D eigenvalue weighted by Crippen LogP contribution is -2.54. The van der Waals surface area contributed by atoms with Gasteiger partial charge in [-0.1, -0.05) is 30.7 Å². The molecule has 4 unspecified atom stereocenters. The third-order valence-corrected chi connectivity index (χ3v) is 8.00. The summed E-state index contributed by atoms with van der Waals surface area (Å²) < 4.78 is 0. The summed E-state index contributed by atoms with van der Waals surface area (Å²) >= 11 is 1.68. The zero-order chi connectivity index (χ0) is 21.5. The monoisotopic (exact) mass is 440 g/mol. The Morgan fingerprint density at radius 1 is 1.10 bits per heavy atom. The molecule has 31 heavy (non-hydrogen) atoms. The molecule has 0 aromatic heterocycles. The first-order chi connectivity index (χ1) is 15.1. The van der Waals surface area contributed by atoms with Crippen LogP contribution in [0.4, 0.5) is 5.69 Å². The Labute approximate surface area is 186 Å². The zero-order valence-corrected chi connectivity index (χ0v) is 18.3. The molecule has 2 amide bonds. The van der Waals surface area contributed by atoms with Gasteiger partial charge in [-0.15, -0.1) is 11.8 Å². The number of aliphatic carboxylic acids is 1. The number of thioether (sulfide) groups is 1. The zero-order valence-electron chi connectivity index (χ0n) is 17.5. The number of nitrogens with zero attached hydrogens (tertiary/aromatic N) is 2. The molecule has 164 valence electrons. The van der Waals surface area contributed by atoms with Crippen LogP contribution in [0.5, 0.6) is 0 Å². The number of benzene rings is 1. The van der Waals surface area contributed by atoms with Gasteiger partial charge in [0.15, 0.2) is 0 Å². The molecule has 0 spiro atoms. The molecule has 0 bridgehead atoms. The minimum absolute atomic E-state index is 0.0363. The lowest BCUT2D eigenvalue weighted by atomic mass is 9.81. The molecule has 2 fully saturated rings. The minimum Gasteiger partial charge on any atom is -0.481 e. The van der Waals surface area contributed by atoms with Crippen molar-refractivity contribution in [3.8, 4) is 0 Å². The van der Waals surface area contributed by atoms with E-state index in [2.05, 4.69) is 6.07 Å². The molecule has 4 atom stereocenters. The number of amides is 2. The highest BCUT2D eigenvalue weighted by Crippen LogP contribution is 2.53. The van der Waals surface area contributed by atoms with Crippen molar-refractivity contribution in [3.63, 3.8) is 0 Å². The Morgan fingerprint density at radius 2 is 1.90 bits per heavy atom. The number of carboxylic acids is 1. The first-order valence-electron chi connectivity index (χ1n) is 11.3. The molecule has 2 saturated carbocycles. The number of carbonyl (C=O) groups excluding carboxylic acids is 2. The van der Waals surface area contributed by atoms with E-state index in [0.717, 1.165) is 49.1 Å². The average Bonchev–Trinajstić information content (AvgIpc) is 3.24. The number of rotatable bonds is 6. The number of anilines is 1. The molecule has 2 aliphatic carbocycles. The molecule has 7 heteroatoms. The van der Waals surface area contributed by atoms with Crippen LogP contribution in [0.2, 0.25) is 0 Å². The highest BCUT2D eigenvalue weighted by atomic mass is 32.2. The third-order valence-electron chi connectivity index (χ3n) is 7.10. The maximum absolute atomic E-state index is 13.6. The van der Waals surface area contributed by atoms with Gasteiger partial charge in [-0.05, 0) is 42.7 Å². The smallest absolute Gasteiger partial charge is 0.303 e. The van der Waals surface area contributed by atoms with E-state index in [9.17, 15) is 14.4 Å². The van der Waals surface area contributed by atoms with E-state index in [-0.39, 0.29) is 54.6 Å². The molecule has 4 aliphatic rings. The molecule has 5 rings (SSSR count). The number of carboxylic acid groups (broad SMARTS) is 1. The summed E-state index contributed by atoms with van der Waals surface area (Å²) in [5.74, 6) is 0.0645. The van der Waals surface area contributed by atoms with Crippen molar-refractivity contribution in [1.29, 1.82) is 0 Å². The van der Waals surface area contributed by atoms with Crippen LogP contribution in [-0.4, -0.2) is 45.6 Å². The number of fused-ring (bicyclic) bond motifs is 2. The van der Waals surface area contributed by atoms with Crippen LogP contribution in [0.15, 0.2) is 35.7 Å². The Bertz CT molecular complexity index is 928. The van der Waals surface area contributed by atoms with Gasteiger partial charge in [0, 0.05) is 35.9 Å². The normalized spacial score (nSPS) is 28.8. The highest BCUT2D eigenvalue weighted by Gasteiger charge is 2.51. The van der Waals surface area contributed by atoms with Crippen LogP contribution in [0.3, 0.4) is 0 Å². The van der Waals surface area contributed by atoms with E-state index in [1.54, 1.807) is 11.8 Å². The molecule has 2 heterocycles. The van der Waals surface area contributed by atoms with Gasteiger partial charge in [0.1, 0.15) is 0 Å². The summed E-state index contributed by atoms with van der Waals surface area (Å²) in [7, 11) is 0. The Kier molecular flexibility index (Phi) is 5.54. The second-order valence-electron chi connectivity index (χ2n) is 9.07. The molecule has 1 aromatic carbocycles. The van der Waals surface area contributed by atoms with Crippen molar-refractivity contribution in [2.45, 2.75) is 63.1 Å². The molecule has 1 aromatic rings. The van der Waals surface area contributed by atoms with Crippen LogP contribution >= 0.6 is 11.8 Å². The number of hydrogen-bond acceptors (Lipinski definition) is 4. The van der Waals surface area contributed by atoms with Crippen LogP contribution in [-0.2, 0) is 14.4 Å².